The molecule has 21 heavy (non-hydrogen) atoms. The van der Waals surface area contributed by atoms with Gasteiger partial charge >= 0.3 is 0 Å². The molecular weight excluding hydrogens is 270 g/mol. The molecule has 0 aromatic heterocycles. The quantitative estimate of drug-likeness (QED) is 0.789. The van der Waals surface area contributed by atoms with Crippen LogP contribution in [0.3, 0.4) is 0 Å². The molecule has 6 nitrogen and oxygen atoms in total. The van der Waals surface area contributed by atoms with E-state index in [-0.39, 0.29) is 17.9 Å². The van der Waals surface area contributed by atoms with E-state index in [0.717, 1.165) is 19.4 Å². The van der Waals surface area contributed by atoms with Gasteiger partial charge in [-0.25, -0.2) is 0 Å². The minimum atomic E-state index is -0.0859. The first-order valence-corrected chi connectivity index (χ1v) is 7.98. The number of likely N-dealkylation sites (tertiary alicyclic amines) is 1. The lowest BCUT2D eigenvalue weighted by Crippen LogP contribution is -2.53. The number of ether oxygens (including phenoxy) is 1. The van der Waals surface area contributed by atoms with E-state index in [2.05, 4.69) is 5.32 Å². The zero-order valence-electron chi connectivity index (χ0n) is 13.1. The second-order valence-electron chi connectivity index (χ2n) is 6.08. The summed E-state index contributed by atoms with van der Waals surface area (Å²) in [5.41, 5.74) is 0. The van der Waals surface area contributed by atoms with E-state index in [1.807, 2.05) is 23.6 Å². The highest BCUT2D eigenvalue weighted by molar-refractivity contribution is 5.83. The average molecular weight is 297 g/mol. The fourth-order valence-corrected chi connectivity index (χ4v) is 2.92. The molecule has 2 amide bonds. The summed E-state index contributed by atoms with van der Waals surface area (Å²) < 4.78 is 5.25. The second-order valence-corrected chi connectivity index (χ2v) is 6.08. The Kier molecular flexibility index (Phi) is 5.99. The van der Waals surface area contributed by atoms with Crippen molar-refractivity contribution >= 4 is 11.8 Å². The van der Waals surface area contributed by atoms with Crippen molar-refractivity contribution in [2.24, 2.45) is 0 Å². The van der Waals surface area contributed by atoms with Crippen LogP contribution >= 0.6 is 0 Å². The highest BCUT2D eigenvalue weighted by atomic mass is 16.5. The Morgan fingerprint density at radius 3 is 2.71 bits per heavy atom. The normalized spacial score (nSPS) is 23.8. The molecule has 6 heteroatoms. The van der Waals surface area contributed by atoms with Crippen LogP contribution in [-0.2, 0) is 14.3 Å². The van der Waals surface area contributed by atoms with E-state index in [1.165, 1.54) is 0 Å². The summed E-state index contributed by atoms with van der Waals surface area (Å²) in [5.74, 6) is 0.273. The van der Waals surface area contributed by atoms with Crippen LogP contribution in [0.25, 0.3) is 0 Å². The first-order chi connectivity index (χ1) is 10.1. The monoisotopic (exact) mass is 297 g/mol. The Hall–Kier alpha value is -1.14. The number of hydrogen-bond acceptors (Lipinski definition) is 4. The SMILES string of the molecule is CC(C)NC1CCCN(CCC(=O)N2CCOCC2)C1=O. The summed E-state index contributed by atoms with van der Waals surface area (Å²) in [4.78, 5) is 28.2. The molecular formula is C15H27N3O3. The van der Waals surface area contributed by atoms with Gasteiger partial charge in [0.05, 0.1) is 19.3 Å². The van der Waals surface area contributed by atoms with Gasteiger partial charge in [0.15, 0.2) is 0 Å². The smallest absolute Gasteiger partial charge is 0.239 e. The maximum atomic E-state index is 12.4. The molecule has 0 radical (unpaired) electrons. The number of hydrogen-bond donors (Lipinski definition) is 1. The maximum absolute atomic E-state index is 12.4. The summed E-state index contributed by atoms with van der Waals surface area (Å²) in [6.45, 7) is 7.98. The number of carbonyl (C=O) groups excluding carboxylic acids is 2. The molecule has 2 heterocycles. The largest absolute Gasteiger partial charge is 0.378 e. The summed E-state index contributed by atoms with van der Waals surface area (Å²) in [6, 6.07) is 0.214. The second kappa shape index (κ2) is 7.75. The van der Waals surface area contributed by atoms with Gasteiger partial charge in [0.1, 0.15) is 0 Å². The van der Waals surface area contributed by atoms with E-state index < -0.39 is 0 Å². The Labute approximate surface area is 126 Å². The summed E-state index contributed by atoms with van der Waals surface area (Å²) in [6.07, 6.45) is 2.31. The molecule has 2 rings (SSSR count). The van der Waals surface area contributed by atoms with Crippen molar-refractivity contribution in [3.05, 3.63) is 0 Å². The van der Waals surface area contributed by atoms with Crippen LogP contribution in [0.4, 0.5) is 0 Å². The van der Waals surface area contributed by atoms with E-state index in [1.54, 1.807) is 0 Å². The highest BCUT2D eigenvalue weighted by Gasteiger charge is 2.29. The predicted octanol–water partition coefficient (Wildman–Crippen LogP) is 0.224. The van der Waals surface area contributed by atoms with Crippen LogP contribution in [-0.4, -0.2) is 73.1 Å². The molecule has 0 saturated carbocycles. The van der Waals surface area contributed by atoms with Crippen molar-refractivity contribution in [2.75, 3.05) is 39.4 Å². The Balaban J connectivity index is 1.78. The van der Waals surface area contributed by atoms with Crippen molar-refractivity contribution in [2.45, 2.75) is 45.2 Å². The topological polar surface area (TPSA) is 61.9 Å². The summed E-state index contributed by atoms with van der Waals surface area (Å²) in [5, 5.41) is 3.31. The lowest BCUT2D eigenvalue weighted by Gasteiger charge is -2.34. The van der Waals surface area contributed by atoms with E-state index in [9.17, 15) is 9.59 Å². The number of nitrogens with one attached hydrogen (secondary N) is 1. The number of morpholine rings is 1. The van der Waals surface area contributed by atoms with Gasteiger partial charge in [0.2, 0.25) is 11.8 Å². The molecule has 0 aromatic rings. The van der Waals surface area contributed by atoms with Gasteiger partial charge in [0.25, 0.3) is 0 Å². The Morgan fingerprint density at radius 2 is 2.05 bits per heavy atom. The molecule has 0 aliphatic carbocycles. The van der Waals surface area contributed by atoms with Crippen LogP contribution in [0.1, 0.15) is 33.1 Å². The molecule has 1 atom stereocenters. The Bertz CT molecular complexity index is 367. The van der Waals surface area contributed by atoms with E-state index in [0.29, 0.717) is 45.3 Å². The summed E-state index contributed by atoms with van der Waals surface area (Å²) >= 11 is 0. The molecule has 0 bridgehead atoms. The van der Waals surface area contributed by atoms with Crippen LogP contribution < -0.4 is 5.32 Å². The third-order valence-electron chi connectivity index (χ3n) is 4.02. The molecule has 2 fully saturated rings. The van der Waals surface area contributed by atoms with Crippen LogP contribution in [0.2, 0.25) is 0 Å². The van der Waals surface area contributed by atoms with Gasteiger partial charge in [-0.2, -0.15) is 0 Å². The number of rotatable bonds is 5. The van der Waals surface area contributed by atoms with Gasteiger partial charge in [-0.1, -0.05) is 13.8 Å². The van der Waals surface area contributed by atoms with Crippen molar-refractivity contribution in [1.29, 1.82) is 0 Å². The number of nitrogens with zero attached hydrogens (tertiary/aromatic N) is 2. The number of amides is 2. The van der Waals surface area contributed by atoms with Crippen LogP contribution in [0, 0.1) is 0 Å². The van der Waals surface area contributed by atoms with Gasteiger partial charge < -0.3 is 19.9 Å². The molecule has 2 aliphatic heterocycles. The fraction of sp³-hybridized carbons (Fsp3) is 0.867. The molecule has 1 N–H and O–H groups in total. The fourth-order valence-electron chi connectivity index (χ4n) is 2.92. The first kappa shape index (κ1) is 16.2. The first-order valence-electron chi connectivity index (χ1n) is 7.98. The van der Waals surface area contributed by atoms with Gasteiger partial charge in [-0.05, 0) is 12.8 Å². The number of carbonyl (C=O) groups is 2. The zero-order chi connectivity index (χ0) is 15.2. The van der Waals surface area contributed by atoms with Crippen LogP contribution in [0.5, 0.6) is 0 Å². The van der Waals surface area contributed by atoms with Gasteiger partial charge in [-0.3, -0.25) is 9.59 Å². The molecule has 120 valence electrons. The minimum Gasteiger partial charge on any atom is -0.378 e. The molecule has 2 saturated heterocycles. The lowest BCUT2D eigenvalue weighted by atomic mass is 10.0. The molecule has 1 unspecified atom stereocenters. The average Bonchev–Trinajstić information content (AvgIpc) is 2.48. The number of piperidine rings is 1. The van der Waals surface area contributed by atoms with Gasteiger partial charge in [0, 0.05) is 38.6 Å². The zero-order valence-corrected chi connectivity index (χ0v) is 13.1. The van der Waals surface area contributed by atoms with Crippen molar-refractivity contribution in [3.63, 3.8) is 0 Å². The highest BCUT2D eigenvalue weighted by Crippen LogP contribution is 2.13. The van der Waals surface area contributed by atoms with Crippen molar-refractivity contribution in [3.8, 4) is 0 Å². The van der Waals surface area contributed by atoms with E-state index in [4.69, 9.17) is 4.74 Å². The van der Waals surface area contributed by atoms with E-state index >= 15 is 0 Å². The lowest BCUT2D eigenvalue weighted by molar-refractivity contribution is -0.139. The minimum absolute atomic E-state index is 0.0859. The van der Waals surface area contributed by atoms with Crippen molar-refractivity contribution < 1.29 is 14.3 Å². The van der Waals surface area contributed by atoms with Crippen molar-refractivity contribution in [1.82, 2.24) is 15.1 Å². The third-order valence-corrected chi connectivity index (χ3v) is 4.02. The van der Waals surface area contributed by atoms with Crippen LogP contribution in [0.15, 0.2) is 0 Å². The maximum Gasteiger partial charge on any atom is 0.239 e. The third kappa shape index (κ3) is 4.68. The molecule has 2 aliphatic rings. The predicted molar refractivity (Wildman–Crippen MR) is 79.9 cm³/mol. The molecule has 0 aromatic carbocycles. The Morgan fingerprint density at radius 1 is 1.33 bits per heavy atom. The van der Waals surface area contributed by atoms with Gasteiger partial charge in [-0.15, -0.1) is 0 Å². The standard InChI is InChI=1S/C15H27N3O3/c1-12(2)16-13-4-3-6-18(15(13)20)7-5-14(19)17-8-10-21-11-9-17/h12-13,16H,3-11H2,1-2H3. The molecule has 0 spiro atoms. The summed E-state index contributed by atoms with van der Waals surface area (Å²) in [7, 11) is 0.